The van der Waals surface area contributed by atoms with Gasteiger partial charge in [0.15, 0.2) is 9.84 Å². The largest absolute Gasteiger partial charge is 0.587 e. The fourth-order valence-corrected chi connectivity index (χ4v) is 8.03. The summed E-state index contributed by atoms with van der Waals surface area (Å²) in [6, 6.07) is 9.12. The molecule has 28 heavy (non-hydrogen) atoms. The van der Waals surface area contributed by atoms with Gasteiger partial charge >= 0.3 is 0 Å². The summed E-state index contributed by atoms with van der Waals surface area (Å²) < 4.78 is 41.1. The molecule has 0 spiro atoms. The van der Waals surface area contributed by atoms with Crippen molar-refractivity contribution in [2.75, 3.05) is 6.54 Å². The highest BCUT2D eigenvalue weighted by atomic mass is 32.3. The quantitative estimate of drug-likeness (QED) is 0.673. The van der Waals surface area contributed by atoms with E-state index >= 15 is 0 Å². The van der Waals surface area contributed by atoms with Gasteiger partial charge in [0, 0.05) is 17.7 Å². The summed E-state index contributed by atoms with van der Waals surface area (Å²) in [5.41, 5.74) is 2.54. The van der Waals surface area contributed by atoms with Crippen LogP contribution in [-0.4, -0.2) is 30.7 Å². The zero-order valence-electron chi connectivity index (χ0n) is 16.0. The van der Waals surface area contributed by atoms with E-state index in [9.17, 15) is 17.8 Å². The minimum Gasteiger partial charge on any atom is -0.587 e. The van der Waals surface area contributed by atoms with E-state index in [0.29, 0.717) is 22.7 Å². The van der Waals surface area contributed by atoms with Crippen LogP contribution in [0.1, 0.15) is 43.0 Å². The molecule has 3 rings (SSSR count). The number of thiophene rings is 1. The Labute approximate surface area is 173 Å². The molecule has 1 amide bonds. The number of nitrogens with one attached hydrogen (secondary N) is 2. The lowest BCUT2D eigenvalue weighted by atomic mass is 10.1. The van der Waals surface area contributed by atoms with Gasteiger partial charge in [0.2, 0.25) is 4.21 Å². The molecule has 2 heterocycles. The van der Waals surface area contributed by atoms with Gasteiger partial charge in [0.25, 0.3) is 5.91 Å². The first-order chi connectivity index (χ1) is 13.2. The van der Waals surface area contributed by atoms with Gasteiger partial charge in [0.05, 0.1) is 11.7 Å². The van der Waals surface area contributed by atoms with Crippen molar-refractivity contribution in [1.82, 2.24) is 10.0 Å². The Bertz CT molecular complexity index is 971. The highest BCUT2D eigenvalue weighted by molar-refractivity contribution is 7.95. The normalized spacial score (nSPS) is 21.7. The molecule has 3 atom stereocenters. The molecule has 9 heteroatoms. The van der Waals surface area contributed by atoms with Crippen molar-refractivity contribution in [3.8, 4) is 0 Å². The molecule has 2 aromatic rings. The molecule has 1 aliphatic heterocycles. The van der Waals surface area contributed by atoms with Crippen LogP contribution in [-0.2, 0) is 32.4 Å². The summed E-state index contributed by atoms with van der Waals surface area (Å²) >= 11 is -0.802. The molecule has 0 bridgehead atoms. The molecular formula is C19H24N2O4S3. The third kappa shape index (κ3) is 4.44. The van der Waals surface area contributed by atoms with Crippen LogP contribution in [0.15, 0.2) is 38.8 Å². The molecule has 2 N–H and O–H groups in total. The van der Waals surface area contributed by atoms with Gasteiger partial charge < -0.3 is 9.87 Å². The van der Waals surface area contributed by atoms with Gasteiger partial charge in [-0.2, -0.15) is 4.72 Å². The smallest absolute Gasteiger partial charge is 0.265 e. The number of benzene rings is 1. The number of carbonyl (C=O) groups excluding carboxylic acids is 1. The van der Waals surface area contributed by atoms with Crippen molar-refractivity contribution in [3.63, 3.8) is 0 Å². The van der Waals surface area contributed by atoms with E-state index in [2.05, 4.69) is 10.0 Å². The summed E-state index contributed by atoms with van der Waals surface area (Å²) in [6.45, 7) is 6.31. The van der Waals surface area contributed by atoms with Gasteiger partial charge in [0.1, 0.15) is 15.6 Å². The summed E-state index contributed by atoms with van der Waals surface area (Å²) in [7, 11) is -3.44. The molecule has 0 saturated carbocycles. The van der Waals surface area contributed by atoms with Crippen LogP contribution in [0.3, 0.4) is 0 Å². The monoisotopic (exact) mass is 440 g/mol. The third-order valence-corrected chi connectivity index (χ3v) is 10.0. The molecule has 1 aromatic heterocycles. The third-order valence-electron chi connectivity index (χ3n) is 4.72. The Morgan fingerprint density at radius 1 is 1.36 bits per heavy atom. The van der Waals surface area contributed by atoms with Crippen LogP contribution in [0.5, 0.6) is 0 Å². The maximum atomic E-state index is 12.7. The first kappa shape index (κ1) is 21.3. The van der Waals surface area contributed by atoms with Crippen LogP contribution in [0.2, 0.25) is 0 Å². The molecular weight excluding hydrogens is 416 g/mol. The minimum absolute atomic E-state index is 0.0940. The Kier molecular flexibility index (Phi) is 6.51. The second kappa shape index (κ2) is 8.54. The maximum Gasteiger partial charge on any atom is 0.265 e. The Hall–Kier alpha value is -1.39. The van der Waals surface area contributed by atoms with Crippen molar-refractivity contribution >= 4 is 38.4 Å². The van der Waals surface area contributed by atoms with Gasteiger partial charge in [-0.3, -0.25) is 4.79 Å². The van der Waals surface area contributed by atoms with Gasteiger partial charge in [-0.15, -0.1) is 0 Å². The van der Waals surface area contributed by atoms with Gasteiger partial charge in [-0.05, 0) is 32.4 Å². The molecule has 2 unspecified atom stereocenters. The van der Waals surface area contributed by atoms with Gasteiger partial charge in [-0.25, -0.2) is 8.42 Å². The number of hydrogen-bond acceptors (Lipinski definition) is 6. The Balaban J connectivity index is 1.78. The number of carbonyl (C=O) groups is 1. The molecule has 0 aliphatic carbocycles. The fourth-order valence-electron chi connectivity index (χ4n) is 3.33. The Morgan fingerprint density at radius 2 is 2.11 bits per heavy atom. The summed E-state index contributed by atoms with van der Waals surface area (Å²) in [4.78, 5) is 12.3. The van der Waals surface area contributed by atoms with E-state index in [-0.39, 0.29) is 22.6 Å². The number of rotatable bonds is 6. The summed E-state index contributed by atoms with van der Waals surface area (Å²) in [5.74, 6) is -0.366. The molecule has 152 valence electrons. The molecule has 6 nitrogen and oxygen atoms in total. The zero-order valence-corrected chi connectivity index (χ0v) is 18.5. The number of aryl methyl sites for hydroxylation is 1. The maximum absolute atomic E-state index is 12.7. The molecule has 0 radical (unpaired) electrons. The first-order valence-electron chi connectivity index (χ1n) is 9.10. The fraction of sp³-hybridized carbons (Fsp3) is 0.421. The highest BCUT2D eigenvalue weighted by Crippen LogP contribution is 2.42. The first-order valence-corrected chi connectivity index (χ1v) is 12.6. The topological polar surface area (TPSA) is 98.3 Å². The zero-order chi connectivity index (χ0) is 20.5. The summed E-state index contributed by atoms with van der Waals surface area (Å²) in [5, 5.41) is 2.80. The number of hydrogen-bond donors (Lipinski definition) is 2. The van der Waals surface area contributed by atoms with E-state index in [1.54, 1.807) is 13.0 Å². The number of sulfone groups is 1. The van der Waals surface area contributed by atoms with Gasteiger partial charge in [-0.1, -0.05) is 48.1 Å². The lowest BCUT2D eigenvalue weighted by Crippen LogP contribution is -2.33. The lowest BCUT2D eigenvalue weighted by Gasteiger charge is -2.27. The predicted octanol–water partition coefficient (Wildman–Crippen LogP) is 2.65. The van der Waals surface area contributed by atoms with Crippen molar-refractivity contribution in [3.05, 3.63) is 47.0 Å². The number of fused-ring (bicyclic) bond motifs is 1. The van der Waals surface area contributed by atoms with E-state index < -0.39 is 26.4 Å². The van der Waals surface area contributed by atoms with E-state index in [0.717, 1.165) is 22.5 Å². The standard InChI is InChI=1S/C19H24N2O4S3/c1-4-20-16-9-13(3)28(24,25)19-15(16)11-18(26-19)27(23)21-17(22)10-14-7-5-6-12(2)8-14/h5-8,11,13,16,20H,4,9-10H2,1-3H3,(H,21,22)/t13?,16-,27?/m0/s1. The molecule has 1 aliphatic rings. The van der Waals surface area contributed by atoms with Crippen LogP contribution in [0, 0.1) is 6.92 Å². The average molecular weight is 441 g/mol. The van der Waals surface area contributed by atoms with E-state index in [1.807, 2.05) is 38.1 Å². The molecule has 0 saturated heterocycles. The van der Waals surface area contributed by atoms with Crippen LogP contribution in [0.25, 0.3) is 0 Å². The van der Waals surface area contributed by atoms with Crippen LogP contribution >= 0.6 is 11.3 Å². The molecule has 0 fully saturated rings. The van der Waals surface area contributed by atoms with Crippen LogP contribution in [0.4, 0.5) is 0 Å². The SMILES string of the molecule is CCN[C@H]1CC(C)S(=O)(=O)c2sc([S+]([O-])NC(=O)Cc3cccc(C)c3)cc21. The van der Waals surface area contributed by atoms with E-state index in [1.165, 1.54) is 0 Å². The van der Waals surface area contributed by atoms with Crippen molar-refractivity contribution < 1.29 is 17.8 Å². The van der Waals surface area contributed by atoms with Crippen LogP contribution < -0.4 is 10.0 Å². The second-order valence-corrected chi connectivity index (χ2v) is 12.0. The lowest BCUT2D eigenvalue weighted by molar-refractivity contribution is -0.118. The van der Waals surface area contributed by atoms with Crippen molar-refractivity contribution in [1.29, 1.82) is 0 Å². The number of amides is 1. The summed E-state index contributed by atoms with van der Waals surface area (Å²) in [6.07, 6.45) is 0.597. The minimum atomic E-state index is -3.44. The highest BCUT2D eigenvalue weighted by Gasteiger charge is 2.40. The van der Waals surface area contributed by atoms with Crippen molar-refractivity contribution in [2.45, 2.75) is 53.3 Å². The Morgan fingerprint density at radius 3 is 2.79 bits per heavy atom. The second-order valence-electron chi connectivity index (χ2n) is 6.97. The average Bonchev–Trinajstić information content (AvgIpc) is 3.07. The van der Waals surface area contributed by atoms with E-state index in [4.69, 9.17) is 0 Å². The van der Waals surface area contributed by atoms with Crippen molar-refractivity contribution in [2.24, 2.45) is 0 Å². The molecule has 1 aromatic carbocycles. The predicted molar refractivity (Wildman–Crippen MR) is 111 cm³/mol.